The molecule has 0 bridgehead atoms. The predicted octanol–water partition coefficient (Wildman–Crippen LogP) is 5.91. The lowest BCUT2D eigenvalue weighted by Crippen LogP contribution is -2.35. The maximum atomic E-state index is 6.32. The molecule has 0 N–H and O–H groups in total. The molecule has 0 aromatic rings. The van der Waals surface area contributed by atoms with Crippen molar-refractivity contribution in [3.63, 3.8) is 0 Å². The first-order valence-electron chi connectivity index (χ1n) is 10.5. The Morgan fingerprint density at radius 3 is 1.00 bits per heavy atom. The Morgan fingerprint density at radius 1 is 0.500 bits per heavy atom. The van der Waals surface area contributed by atoms with Gasteiger partial charge in [0.05, 0.1) is 0 Å². The lowest BCUT2D eigenvalue weighted by Gasteiger charge is -2.26. The van der Waals surface area contributed by atoms with Crippen molar-refractivity contribution in [3.8, 4) is 11.8 Å². The van der Waals surface area contributed by atoms with E-state index in [2.05, 4.69) is 90.4 Å². The van der Waals surface area contributed by atoms with Gasteiger partial charge in [-0.2, -0.15) is 0 Å². The number of hydrogen-bond donors (Lipinski definition) is 0. The molecule has 2 atom stereocenters. The highest BCUT2D eigenvalue weighted by Crippen LogP contribution is 2.14. The molecule has 0 unspecified atom stereocenters. The van der Waals surface area contributed by atoms with E-state index in [0.717, 1.165) is 12.8 Å². The Kier molecular flexibility index (Phi) is 11.7. The minimum Gasteiger partial charge on any atom is -0.417 e. The summed E-state index contributed by atoms with van der Waals surface area (Å²) in [6, 6.07) is 0. The fourth-order valence-corrected chi connectivity index (χ4v) is 5.83. The van der Waals surface area contributed by atoms with E-state index in [0.29, 0.717) is 13.2 Å². The summed E-state index contributed by atoms with van der Waals surface area (Å²) in [6.45, 7) is 27.9. The molecule has 0 spiro atoms. The molecule has 0 aliphatic rings. The molecular formula is C20H46O4Si4. The Hall–Kier alpha value is 0.268. The van der Waals surface area contributed by atoms with Crippen LogP contribution in [0.3, 0.4) is 0 Å². The minimum atomic E-state index is -1.68. The van der Waals surface area contributed by atoms with Gasteiger partial charge < -0.3 is 17.7 Å². The van der Waals surface area contributed by atoms with Gasteiger partial charge in [0.15, 0.2) is 33.3 Å². The molecule has 0 saturated carbocycles. The van der Waals surface area contributed by atoms with Crippen molar-refractivity contribution in [2.45, 2.75) is 104 Å². The summed E-state index contributed by atoms with van der Waals surface area (Å²) in [5.41, 5.74) is 0. The molecule has 8 heteroatoms. The third-order valence-corrected chi connectivity index (χ3v) is 7.35. The lowest BCUT2D eigenvalue weighted by atomic mass is 10.2. The highest BCUT2D eigenvalue weighted by atomic mass is 28.4. The fraction of sp³-hybridized carbons (Fsp3) is 0.900. The zero-order valence-electron chi connectivity index (χ0n) is 20.6. The Labute approximate surface area is 179 Å². The SMILES string of the molecule is C[Si](C)(C)OCC[C@@H](C#C[C@@H](CCO[Si](C)(C)C)O[Si](C)(C)C)O[Si](C)(C)C. The molecule has 0 amide bonds. The van der Waals surface area contributed by atoms with Crippen LogP contribution in [0.4, 0.5) is 0 Å². The van der Waals surface area contributed by atoms with Gasteiger partial charge in [-0.1, -0.05) is 11.8 Å². The predicted molar refractivity (Wildman–Crippen MR) is 132 cm³/mol. The number of rotatable bonds is 12. The highest BCUT2D eigenvalue weighted by Gasteiger charge is 2.23. The van der Waals surface area contributed by atoms with E-state index in [1.54, 1.807) is 0 Å². The van der Waals surface area contributed by atoms with Gasteiger partial charge in [-0.3, -0.25) is 0 Å². The summed E-state index contributed by atoms with van der Waals surface area (Å²) in [4.78, 5) is 0. The van der Waals surface area contributed by atoms with Gasteiger partial charge in [0.1, 0.15) is 12.2 Å². The van der Waals surface area contributed by atoms with Crippen LogP contribution in [0.2, 0.25) is 78.6 Å². The van der Waals surface area contributed by atoms with Gasteiger partial charge in [-0.05, 0) is 78.6 Å². The zero-order chi connectivity index (χ0) is 22.2. The fourth-order valence-electron chi connectivity index (χ4n) is 2.30. The Bertz CT molecular complexity index is 458. The van der Waals surface area contributed by atoms with Crippen molar-refractivity contribution in [2.75, 3.05) is 13.2 Å². The van der Waals surface area contributed by atoms with Crippen LogP contribution in [0.15, 0.2) is 0 Å². The van der Waals surface area contributed by atoms with Crippen LogP contribution in [-0.4, -0.2) is 58.7 Å². The third-order valence-electron chi connectivity index (χ3n) is 3.23. The van der Waals surface area contributed by atoms with Gasteiger partial charge >= 0.3 is 0 Å². The molecule has 0 fully saturated rings. The minimum absolute atomic E-state index is 0.0892. The van der Waals surface area contributed by atoms with Crippen LogP contribution < -0.4 is 0 Å². The van der Waals surface area contributed by atoms with Crippen LogP contribution in [0.5, 0.6) is 0 Å². The zero-order valence-corrected chi connectivity index (χ0v) is 24.6. The van der Waals surface area contributed by atoms with E-state index in [9.17, 15) is 0 Å². The largest absolute Gasteiger partial charge is 0.417 e. The van der Waals surface area contributed by atoms with Crippen molar-refractivity contribution in [1.29, 1.82) is 0 Å². The highest BCUT2D eigenvalue weighted by molar-refractivity contribution is 6.70. The summed E-state index contributed by atoms with van der Waals surface area (Å²) in [5.74, 6) is 6.77. The van der Waals surface area contributed by atoms with E-state index in [4.69, 9.17) is 17.7 Å². The van der Waals surface area contributed by atoms with Crippen LogP contribution in [0.1, 0.15) is 12.8 Å². The first kappa shape index (κ1) is 28.3. The summed E-state index contributed by atoms with van der Waals surface area (Å²) < 4.78 is 24.7. The normalized spacial score (nSPS) is 15.7. The van der Waals surface area contributed by atoms with E-state index in [1.807, 2.05) is 0 Å². The van der Waals surface area contributed by atoms with Crippen molar-refractivity contribution in [2.24, 2.45) is 0 Å². The van der Waals surface area contributed by atoms with E-state index < -0.39 is 33.3 Å². The molecule has 0 rings (SSSR count). The molecule has 28 heavy (non-hydrogen) atoms. The lowest BCUT2D eigenvalue weighted by molar-refractivity contribution is 0.189. The van der Waals surface area contributed by atoms with Crippen LogP contribution in [-0.2, 0) is 17.7 Å². The van der Waals surface area contributed by atoms with Crippen molar-refractivity contribution in [3.05, 3.63) is 0 Å². The first-order chi connectivity index (χ1) is 12.4. The molecule has 0 saturated heterocycles. The van der Waals surface area contributed by atoms with Crippen LogP contribution >= 0.6 is 0 Å². The maximum Gasteiger partial charge on any atom is 0.185 e. The van der Waals surface area contributed by atoms with Crippen LogP contribution in [0, 0.1) is 11.8 Å². The molecular weight excluding hydrogens is 417 g/mol. The number of hydrogen-bond acceptors (Lipinski definition) is 4. The van der Waals surface area contributed by atoms with E-state index in [-0.39, 0.29) is 12.2 Å². The summed E-state index contributed by atoms with van der Waals surface area (Å²) >= 11 is 0. The van der Waals surface area contributed by atoms with Gasteiger partial charge in [0.25, 0.3) is 0 Å². The Balaban J connectivity index is 5.13. The average molecular weight is 463 g/mol. The molecule has 0 radical (unpaired) electrons. The quantitative estimate of drug-likeness (QED) is 0.267. The second-order valence-electron chi connectivity index (χ2n) is 11.2. The second-order valence-corrected chi connectivity index (χ2v) is 29.2. The van der Waals surface area contributed by atoms with E-state index >= 15 is 0 Å². The molecule has 0 heterocycles. The molecule has 166 valence electrons. The summed E-state index contributed by atoms with van der Waals surface area (Å²) in [5, 5.41) is 0. The second kappa shape index (κ2) is 11.6. The topological polar surface area (TPSA) is 36.9 Å². The summed E-state index contributed by atoms with van der Waals surface area (Å²) in [6.07, 6.45) is 1.45. The summed E-state index contributed by atoms with van der Waals surface area (Å²) in [7, 11) is -6.40. The van der Waals surface area contributed by atoms with Crippen molar-refractivity contribution in [1.82, 2.24) is 0 Å². The van der Waals surface area contributed by atoms with Crippen molar-refractivity contribution >= 4 is 33.3 Å². The molecule has 0 aliphatic carbocycles. The van der Waals surface area contributed by atoms with Gasteiger partial charge in [0, 0.05) is 26.1 Å². The van der Waals surface area contributed by atoms with E-state index in [1.165, 1.54) is 0 Å². The standard InChI is InChI=1S/C20H46O4Si4/c1-25(2,3)21-17-15-19(23-27(7,8)9)13-14-20(24-28(10,11)12)16-18-22-26(4,5)6/h19-20H,15-18H2,1-12H3/t19-,20+. The first-order valence-corrected chi connectivity index (χ1v) is 24.1. The van der Waals surface area contributed by atoms with Gasteiger partial charge in [-0.15, -0.1) is 0 Å². The smallest absolute Gasteiger partial charge is 0.185 e. The molecule has 4 nitrogen and oxygen atoms in total. The van der Waals surface area contributed by atoms with Crippen molar-refractivity contribution < 1.29 is 17.7 Å². The van der Waals surface area contributed by atoms with Gasteiger partial charge in [-0.25, -0.2) is 0 Å². The van der Waals surface area contributed by atoms with Crippen LogP contribution in [0.25, 0.3) is 0 Å². The molecule has 0 aromatic carbocycles. The molecule has 0 aliphatic heterocycles. The maximum absolute atomic E-state index is 6.32. The van der Waals surface area contributed by atoms with Gasteiger partial charge in [0.2, 0.25) is 0 Å². The third kappa shape index (κ3) is 19.6. The Morgan fingerprint density at radius 2 is 0.786 bits per heavy atom. The monoisotopic (exact) mass is 462 g/mol. The molecule has 0 aromatic heterocycles. The average Bonchev–Trinajstić information content (AvgIpc) is 2.38.